The van der Waals surface area contributed by atoms with E-state index >= 15 is 0 Å². The summed E-state index contributed by atoms with van der Waals surface area (Å²) in [7, 11) is 0. The molecule has 0 aliphatic heterocycles. The van der Waals surface area contributed by atoms with E-state index < -0.39 is 0 Å². The van der Waals surface area contributed by atoms with Gasteiger partial charge in [-0.2, -0.15) is 0 Å². The Morgan fingerprint density at radius 3 is 1.33 bits per heavy atom. The van der Waals surface area contributed by atoms with Gasteiger partial charge in [-0.25, -0.2) is 0 Å². The van der Waals surface area contributed by atoms with E-state index in [1.807, 2.05) is 0 Å². The molecule has 0 saturated heterocycles. The topological polar surface area (TPSA) is 77.5 Å². The molecule has 0 fully saturated rings. The molecule has 0 spiro atoms. The number of carbonyl (C=O) groups is 4. The molecule has 0 saturated carbocycles. The van der Waals surface area contributed by atoms with Gasteiger partial charge in [0.25, 0.3) is 0 Å². The molecule has 0 aromatic heterocycles. The van der Waals surface area contributed by atoms with Crippen molar-refractivity contribution >= 4 is 23.1 Å². The highest BCUT2D eigenvalue weighted by Crippen LogP contribution is 2.16. The van der Waals surface area contributed by atoms with Gasteiger partial charge in [0.15, 0.2) is 0 Å². The molecule has 0 heterocycles. The highest BCUT2D eigenvalue weighted by atomic mass is 16.5. The maximum atomic E-state index is 12.2. The van der Waals surface area contributed by atoms with Gasteiger partial charge in [0.1, 0.15) is 23.1 Å². The first-order chi connectivity index (χ1) is 12.6. The number of rotatable bonds is 16. The number of ether oxygens (including phenoxy) is 1. The number of hydrogen-bond acceptors (Lipinski definition) is 5. The zero-order chi connectivity index (χ0) is 21.0. The minimum atomic E-state index is -0.351. The first kappa shape index (κ1) is 25.1. The molecule has 0 aromatic carbocycles. The Balaban J connectivity index is 4.34. The average Bonchev–Trinajstić information content (AvgIpc) is 2.54. The molecule has 0 aromatic rings. The lowest BCUT2D eigenvalue weighted by molar-refractivity contribution is -0.132. The van der Waals surface area contributed by atoms with Crippen LogP contribution in [0.1, 0.15) is 66.2 Å². The van der Waals surface area contributed by atoms with Gasteiger partial charge in [0, 0.05) is 50.4 Å². The molecule has 0 rings (SSSR count). The predicted octanol–water partition coefficient (Wildman–Crippen LogP) is 4.04. The summed E-state index contributed by atoms with van der Waals surface area (Å²) in [6, 6.07) is 0. The van der Waals surface area contributed by atoms with Crippen molar-refractivity contribution in [2.45, 2.75) is 78.4 Å². The van der Waals surface area contributed by atoms with Crippen LogP contribution in [-0.2, 0) is 23.9 Å². The van der Waals surface area contributed by atoms with E-state index in [0.717, 1.165) is 0 Å². The predicted molar refractivity (Wildman–Crippen MR) is 106 cm³/mol. The summed E-state index contributed by atoms with van der Waals surface area (Å²) in [5.41, 5.74) is 0. The van der Waals surface area contributed by atoms with Gasteiger partial charge in [0.05, 0.1) is 12.2 Å². The SMILES string of the molecule is C=CCC(=O)CC(C)C(=O)CC(C)OC(C)CC(=O)C(C)CC(=O)CC=C. The van der Waals surface area contributed by atoms with Crippen molar-refractivity contribution in [2.75, 3.05) is 0 Å². The minimum absolute atomic E-state index is 0.00150. The van der Waals surface area contributed by atoms with Gasteiger partial charge in [-0.1, -0.05) is 26.0 Å². The van der Waals surface area contributed by atoms with E-state index in [2.05, 4.69) is 13.2 Å². The molecule has 5 nitrogen and oxygen atoms in total. The average molecular weight is 379 g/mol. The highest BCUT2D eigenvalue weighted by Gasteiger charge is 2.23. The molecule has 0 aliphatic rings. The van der Waals surface area contributed by atoms with Crippen molar-refractivity contribution in [3.05, 3.63) is 25.3 Å². The molecule has 152 valence electrons. The molecule has 0 radical (unpaired) electrons. The molecular weight excluding hydrogens is 344 g/mol. The summed E-state index contributed by atoms with van der Waals surface area (Å²) in [4.78, 5) is 47.6. The Hall–Kier alpha value is -1.88. The molecule has 4 unspecified atom stereocenters. The van der Waals surface area contributed by atoms with Crippen LogP contribution in [0, 0.1) is 11.8 Å². The van der Waals surface area contributed by atoms with Crippen molar-refractivity contribution in [1.82, 2.24) is 0 Å². The molecule has 0 amide bonds. The van der Waals surface area contributed by atoms with Crippen LogP contribution >= 0.6 is 0 Å². The maximum Gasteiger partial charge on any atom is 0.138 e. The maximum absolute atomic E-state index is 12.2. The number of ketones is 4. The van der Waals surface area contributed by atoms with Crippen LogP contribution in [0.2, 0.25) is 0 Å². The van der Waals surface area contributed by atoms with Crippen LogP contribution in [-0.4, -0.2) is 35.3 Å². The van der Waals surface area contributed by atoms with E-state index in [4.69, 9.17) is 4.74 Å². The van der Waals surface area contributed by atoms with Gasteiger partial charge in [-0.15, -0.1) is 13.2 Å². The van der Waals surface area contributed by atoms with E-state index in [-0.39, 0.29) is 85.7 Å². The number of Topliss-reactive ketones (excluding diaryl/α,β-unsaturated/α-hetero) is 4. The third kappa shape index (κ3) is 11.4. The number of allylic oxidation sites excluding steroid dienone is 2. The second-order valence-corrected chi connectivity index (χ2v) is 7.37. The fourth-order valence-corrected chi connectivity index (χ4v) is 2.86. The highest BCUT2D eigenvalue weighted by molar-refractivity contribution is 5.89. The zero-order valence-electron chi connectivity index (χ0n) is 17.2. The first-order valence-corrected chi connectivity index (χ1v) is 9.56. The van der Waals surface area contributed by atoms with Crippen LogP contribution in [0.25, 0.3) is 0 Å². The molecule has 4 atom stereocenters. The van der Waals surface area contributed by atoms with E-state index in [1.165, 1.54) is 12.2 Å². The Labute approximate surface area is 163 Å². The van der Waals surface area contributed by atoms with Crippen LogP contribution < -0.4 is 0 Å². The van der Waals surface area contributed by atoms with Gasteiger partial charge in [-0.05, 0) is 13.8 Å². The third-order valence-electron chi connectivity index (χ3n) is 4.35. The van der Waals surface area contributed by atoms with Gasteiger partial charge in [-0.3, -0.25) is 19.2 Å². The summed E-state index contributed by atoms with van der Waals surface area (Å²) < 4.78 is 5.75. The number of carbonyl (C=O) groups excluding carboxylic acids is 4. The quantitative estimate of drug-likeness (QED) is 0.379. The number of hydrogen-bond donors (Lipinski definition) is 0. The lowest BCUT2D eigenvalue weighted by atomic mass is 9.94. The minimum Gasteiger partial charge on any atom is -0.375 e. The van der Waals surface area contributed by atoms with Crippen molar-refractivity contribution < 1.29 is 23.9 Å². The van der Waals surface area contributed by atoms with E-state index in [0.29, 0.717) is 0 Å². The van der Waals surface area contributed by atoms with Crippen LogP contribution in [0.3, 0.4) is 0 Å². The van der Waals surface area contributed by atoms with Crippen molar-refractivity contribution in [3.63, 3.8) is 0 Å². The smallest absolute Gasteiger partial charge is 0.138 e. The van der Waals surface area contributed by atoms with Crippen LogP contribution in [0.4, 0.5) is 0 Å². The fraction of sp³-hybridized carbons (Fsp3) is 0.636. The summed E-state index contributed by atoms with van der Waals surface area (Å²) in [5, 5.41) is 0. The van der Waals surface area contributed by atoms with Gasteiger partial charge in [0.2, 0.25) is 0 Å². The van der Waals surface area contributed by atoms with Gasteiger partial charge < -0.3 is 4.74 Å². The van der Waals surface area contributed by atoms with Crippen molar-refractivity contribution in [2.24, 2.45) is 11.8 Å². The van der Waals surface area contributed by atoms with Crippen LogP contribution in [0.15, 0.2) is 25.3 Å². The van der Waals surface area contributed by atoms with E-state index in [1.54, 1.807) is 27.7 Å². The Morgan fingerprint density at radius 1 is 0.704 bits per heavy atom. The third-order valence-corrected chi connectivity index (χ3v) is 4.35. The molecule has 27 heavy (non-hydrogen) atoms. The Bertz CT molecular complexity index is 501. The molecule has 0 N–H and O–H groups in total. The summed E-state index contributed by atoms with van der Waals surface area (Å²) in [5.74, 6) is -0.756. The fourth-order valence-electron chi connectivity index (χ4n) is 2.86. The van der Waals surface area contributed by atoms with E-state index in [9.17, 15) is 19.2 Å². The normalized spacial score (nSPS) is 15.3. The van der Waals surface area contributed by atoms with Gasteiger partial charge >= 0.3 is 0 Å². The second-order valence-electron chi connectivity index (χ2n) is 7.37. The standard InChI is InChI=1S/C22H34O5/c1-7-9-19(23)11-15(3)21(25)13-17(5)27-18(6)14-22(26)16(4)12-20(24)10-8-2/h7-8,15-18H,1-2,9-14H2,3-6H3. The van der Waals surface area contributed by atoms with Crippen molar-refractivity contribution in [1.29, 1.82) is 0 Å². The summed E-state index contributed by atoms with van der Waals surface area (Å²) in [6.07, 6.45) is 3.77. The molecule has 0 aliphatic carbocycles. The monoisotopic (exact) mass is 378 g/mol. The second kappa shape index (κ2) is 13.3. The van der Waals surface area contributed by atoms with Crippen LogP contribution in [0.5, 0.6) is 0 Å². The molecule has 5 heteroatoms. The lowest BCUT2D eigenvalue weighted by Gasteiger charge is -2.21. The Morgan fingerprint density at radius 2 is 1.04 bits per heavy atom. The summed E-state index contributed by atoms with van der Waals surface area (Å²) in [6.45, 7) is 14.1. The largest absolute Gasteiger partial charge is 0.375 e. The summed E-state index contributed by atoms with van der Waals surface area (Å²) >= 11 is 0. The van der Waals surface area contributed by atoms with Crippen molar-refractivity contribution in [3.8, 4) is 0 Å². The zero-order valence-corrected chi connectivity index (χ0v) is 17.2. The molecular formula is C22H34O5. The Kier molecular flexibility index (Phi) is 12.4. The molecule has 0 bridgehead atoms. The lowest BCUT2D eigenvalue weighted by Crippen LogP contribution is -2.27. The first-order valence-electron chi connectivity index (χ1n) is 9.56.